The van der Waals surface area contributed by atoms with Crippen molar-refractivity contribution in [2.24, 2.45) is 11.7 Å². The van der Waals surface area contributed by atoms with E-state index in [1.165, 1.54) is 12.1 Å². The quantitative estimate of drug-likeness (QED) is 0.704. The largest absolute Gasteiger partial charge is 0.332 e. The summed E-state index contributed by atoms with van der Waals surface area (Å²) in [4.78, 5) is 4.48. The lowest BCUT2D eigenvalue weighted by Gasteiger charge is -2.22. The van der Waals surface area contributed by atoms with Gasteiger partial charge < -0.3 is 10.3 Å². The first-order valence-corrected chi connectivity index (χ1v) is 4.97. The molecule has 1 aliphatic heterocycles. The van der Waals surface area contributed by atoms with Gasteiger partial charge in [0.05, 0.1) is 5.69 Å². The number of aromatic nitrogens is 2. The molecule has 0 amide bonds. The maximum absolute atomic E-state index is 5.65. The van der Waals surface area contributed by atoms with E-state index < -0.39 is 0 Å². The number of nitrogens with zero attached hydrogens (tertiary/aromatic N) is 2. The highest BCUT2D eigenvalue weighted by Crippen LogP contribution is 2.23. The van der Waals surface area contributed by atoms with Gasteiger partial charge in [-0.3, -0.25) is 0 Å². The molecule has 1 aliphatic rings. The minimum Gasteiger partial charge on any atom is -0.332 e. The Hall–Kier alpha value is -0.830. The molecule has 0 radical (unpaired) electrons. The lowest BCUT2D eigenvalue weighted by atomic mass is 9.99. The third kappa shape index (κ3) is 1.37. The zero-order valence-electron chi connectivity index (χ0n) is 8.38. The number of nitrogens with two attached hydrogens (primary N) is 1. The summed E-state index contributed by atoms with van der Waals surface area (Å²) in [5.41, 5.74) is 8.12. The van der Waals surface area contributed by atoms with Crippen molar-refractivity contribution >= 4 is 0 Å². The molecule has 0 spiro atoms. The SMILES string of the molecule is Cc1nc(CN)c2n1CC(C)CC2. The van der Waals surface area contributed by atoms with Crippen molar-refractivity contribution in [2.45, 2.75) is 39.8 Å². The van der Waals surface area contributed by atoms with Crippen LogP contribution in [0.15, 0.2) is 0 Å². The van der Waals surface area contributed by atoms with Crippen molar-refractivity contribution in [3.8, 4) is 0 Å². The Morgan fingerprint density at radius 3 is 3.08 bits per heavy atom. The molecule has 0 aliphatic carbocycles. The molecule has 0 fully saturated rings. The predicted octanol–water partition coefficient (Wildman–Crippen LogP) is 1.23. The maximum Gasteiger partial charge on any atom is 0.106 e. The van der Waals surface area contributed by atoms with Crippen molar-refractivity contribution in [1.82, 2.24) is 9.55 Å². The summed E-state index contributed by atoms with van der Waals surface area (Å²) in [6.45, 7) is 6.07. The van der Waals surface area contributed by atoms with E-state index >= 15 is 0 Å². The van der Waals surface area contributed by atoms with E-state index in [4.69, 9.17) is 5.73 Å². The van der Waals surface area contributed by atoms with Crippen LogP contribution >= 0.6 is 0 Å². The van der Waals surface area contributed by atoms with Gasteiger partial charge in [0.2, 0.25) is 0 Å². The zero-order chi connectivity index (χ0) is 9.42. The summed E-state index contributed by atoms with van der Waals surface area (Å²) in [6, 6.07) is 0. The fraction of sp³-hybridized carbons (Fsp3) is 0.700. The Bertz CT molecular complexity index is 314. The summed E-state index contributed by atoms with van der Waals surface area (Å²) >= 11 is 0. The monoisotopic (exact) mass is 179 g/mol. The second-order valence-corrected chi connectivity index (χ2v) is 4.01. The van der Waals surface area contributed by atoms with Gasteiger partial charge in [0, 0.05) is 18.8 Å². The molecular weight excluding hydrogens is 162 g/mol. The Morgan fingerprint density at radius 2 is 2.38 bits per heavy atom. The van der Waals surface area contributed by atoms with Gasteiger partial charge in [0.25, 0.3) is 0 Å². The topological polar surface area (TPSA) is 43.8 Å². The first-order chi connectivity index (χ1) is 6.22. The molecule has 1 unspecified atom stereocenters. The van der Waals surface area contributed by atoms with Crippen LogP contribution in [0.4, 0.5) is 0 Å². The lowest BCUT2D eigenvalue weighted by Crippen LogP contribution is -2.19. The predicted molar refractivity (Wildman–Crippen MR) is 52.3 cm³/mol. The third-order valence-corrected chi connectivity index (χ3v) is 2.91. The normalized spacial score (nSPS) is 21.6. The van der Waals surface area contributed by atoms with E-state index in [0.29, 0.717) is 6.54 Å². The van der Waals surface area contributed by atoms with Crippen LogP contribution in [-0.2, 0) is 19.5 Å². The molecule has 3 nitrogen and oxygen atoms in total. The van der Waals surface area contributed by atoms with Crippen LogP contribution in [0.1, 0.15) is 30.6 Å². The van der Waals surface area contributed by atoms with E-state index in [9.17, 15) is 0 Å². The van der Waals surface area contributed by atoms with E-state index in [0.717, 1.165) is 30.4 Å². The molecule has 2 N–H and O–H groups in total. The Kier molecular flexibility index (Phi) is 2.12. The van der Waals surface area contributed by atoms with E-state index in [2.05, 4.69) is 23.4 Å². The third-order valence-electron chi connectivity index (χ3n) is 2.91. The minimum absolute atomic E-state index is 0.581. The molecule has 0 aromatic carbocycles. The maximum atomic E-state index is 5.65. The lowest BCUT2D eigenvalue weighted by molar-refractivity contribution is 0.393. The highest BCUT2D eigenvalue weighted by atomic mass is 15.1. The first-order valence-electron chi connectivity index (χ1n) is 4.97. The van der Waals surface area contributed by atoms with Crippen molar-refractivity contribution in [3.63, 3.8) is 0 Å². The van der Waals surface area contributed by atoms with Crippen LogP contribution in [0.25, 0.3) is 0 Å². The van der Waals surface area contributed by atoms with Crippen LogP contribution < -0.4 is 5.73 Å². The van der Waals surface area contributed by atoms with Crippen LogP contribution in [-0.4, -0.2) is 9.55 Å². The molecule has 0 saturated heterocycles. The molecule has 3 heteroatoms. The number of hydrogen-bond acceptors (Lipinski definition) is 2. The van der Waals surface area contributed by atoms with E-state index in [-0.39, 0.29) is 0 Å². The number of aryl methyl sites for hydroxylation is 1. The molecule has 0 bridgehead atoms. The molecule has 0 saturated carbocycles. The Morgan fingerprint density at radius 1 is 1.62 bits per heavy atom. The molecule has 13 heavy (non-hydrogen) atoms. The number of hydrogen-bond donors (Lipinski definition) is 1. The van der Waals surface area contributed by atoms with Gasteiger partial charge in [-0.25, -0.2) is 4.98 Å². The van der Waals surface area contributed by atoms with Crippen LogP contribution in [0.5, 0.6) is 0 Å². The molecule has 1 aromatic rings. The van der Waals surface area contributed by atoms with Gasteiger partial charge in [-0.2, -0.15) is 0 Å². The Labute approximate surface area is 79.0 Å². The van der Waals surface area contributed by atoms with Crippen molar-refractivity contribution in [3.05, 3.63) is 17.2 Å². The van der Waals surface area contributed by atoms with Crippen LogP contribution in [0.2, 0.25) is 0 Å². The summed E-state index contributed by atoms with van der Waals surface area (Å²) in [5, 5.41) is 0. The minimum atomic E-state index is 0.581. The Balaban J connectivity index is 2.42. The summed E-state index contributed by atoms with van der Waals surface area (Å²) < 4.78 is 2.33. The number of imidazole rings is 1. The molecule has 2 rings (SSSR count). The highest BCUT2D eigenvalue weighted by Gasteiger charge is 2.20. The first kappa shape index (κ1) is 8.75. The van der Waals surface area contributed by atoms with Crippen LogP contribution in [0, 0.1) is 12.8 Å². The smallest absolute Gasteiger partial charge is 0.106 e. The van der Waals surface area contributed by atoms with Gasteiger partial charge in [-0.15, -0.1) is 0 Å². The average molecular weight is 179 g/mol. The summed E-state index contributed by atoms with van der Waals surface area (Å²) in [5.74, 6) is 1.91. The van der Waals surface area contributed by atoms with Crippen molar-refractivity contribution < 1.29 is 0 Å². The van der Waals surface area contributed by atoms with Crippen LogP contribution in [0.3, 0.4) is 0 Å². The number of rotatable bonds is 1. The van der Waals surface area contributed by atoms with E-state index in [1.54, 1.807) is 0 Å². The molecule has 72 valence electrons. The zero-order valence-corrected chi connectivity index (χ0v) is 8.38. The van der Waals surface area contributed by atoms with Crippen molar-refractivity contribution in [2.75, 3.05) is 0 Å². The molecular formula is C10H17N3. The van der Waals surface area contributed by atoms with Gasteiger partial charge in [0.15, 0.2) is 0 Å². The summed E-state index contributed by atoms with van der Waals surface area (Å²) in [6.07, 6.45) is 2.42. The van der Waals surface area contributed by atoms with E-state index in [1.807, 2.05) is 0 Å². The fourth-order valence-corrected chi connectivity index (χ4v) is 2.14. The summed E-state index contributed by atoms with van der Waals surface area (Å²) in [7, 11) is 0. The van der Waals surface area contributed by atoms with Gasteiger partial charge in [-0.1, -0.05) is 6.92 Å². The molecule has 1 atom stereocenters. The second-order valence-electron chi connectivity index (χ2n) is 4.01. The standard InChI is InChI=1S/C10H17N3/c1-7-3-4-10-9(5-11)12-8(2)13(10)6-7/h7H,3-6,11H2,1-2H3. The second kappa shape index (κ2) is 3.14. The molecule has 2 heterocycles. The van der Waals surface area contributed by atoms with Gasteiger partial charge in [0.1, 0.15) is 5.82 Å². The number of fused-ring (bicyclic) bond motifs is 1. The highest BCUT2D eigenvalue weighted by molar-refractivity contribution is 5.18. The fourth-order valence-electron chi connectivity index (χ4n) is 2.14. The average Bonchev–Trinajstić information content (AvgIpc) is 2.43. The molecule has 1 aromatic heterocycles. The van der Waals surface area contributed by atoms with Gasteiger partial charge in [-0.05, 0) is 25.7 Å². The van der Waals surface area contributed by atoms with Gasteiger partial charge >= 0.3 is 0 Å². The van der Waals surface area contributed by atoms with Crippen molar-refractivity contribution in [1.29, 1.82) is 0 Å².